The number of nitrogens with one attached hydrogen (secondary N) is 1. The van der Waals surface area contributed by atoms with Crippen molar-refractivity contribution in [1.29, 1.82) is 0 Å². The molecule has 0 fully saturated rings. The lowest BCUT2D eigenvalue weighted by molar-refractivity contribution is 1.15. The Kier molecular flexibility index (Phi) is 2.66. The van der Waals surface area contributed by atoms with E-state index in [0.29, 0.717) is 0 Å². The van der Waals surface area contributed by atoms with Crippen LogP contribution >= 0.6 is 0 Å². The number of nitrogens with zero attached hydrogens (tertiary/aromatic N) is 1. The zero-order chi connectivity index (χ0) is 8.10. The van der Waals surface area contributed by atoms with Gasteiger partial charge >= 0.3 is 0 Å². The first-order valence-corrected chi connectivity index (χ1v) is 3.61. The second kappa shape index (κ2) is 3.76. The summed E-state index contributed by atoms with van der Waals surface area (Å²) in [7, 11) is 1.86. The summed E-state index contributed by atoms with van der Waals surface area (Å²) in [6.45, 7) is 1.94. The van der Waals surface area contributed by atoms with Gasteiger partial charge in [-0.05, 0) is 19.1 Å². The van der Waals surface area contributed by atoms with Crippen molar-refractivity contribution in [2.75, 3.05) is 7.05 Å². The van der Waals surface area contributed by atoms with Crippen molar-refractivity contribution in [3.63, 3.8) is 0 Å². The van der Waals surface area contributed by atoms with Gasteiger partial charge in [-0.2, -0.15) is 0 Å². The number of hydrogen-bond acceptors (Lipinski definition) is 1. The van der Waals surface area contributed by atoms with Crippen LogP contribution in [0.3, 0.4) is 0 Å². The molecule has 0 radical (unpaired) electrons. The Morgan fingerprint density at radius 3 is 2.45 bits per heavy atom. The third-order valence-electron chi connectivity index (χ3n) is 1.41. The van der Waals surface area contributed by atoms with Gasteiger partial charge in [-0.15, -0.1) is 0 Å². The number of benzene rings is 1. The molecule has 0 spiro atoms. The van der Waals surface area contributed by atoms with Gasteiger partial charge in [0.25, 0.3) is 0 Å². The predicted octanol–water partition coefficient (Wildman–Crippen LogP) is 1.96. The van der Waals surface area contributed by atoms with Gasteiger partial charge in [0.2, 0.25) is 0 Å². The quantitative estimate of drug-likeness (QED) is 0.478. The minimum Gasteiger partial charge on any atom is -0.377 e. The van der Waals surface area contributed by atoms with Gasteiger partial charge in [0.05, 0.1) is 11.5 Å². The highest BCUT2D eigenvalue weighted by molar-refractivity contribution is 5.81. The minimum absolute atomic E-state index is 0.927. The molecule has 2 nitrogen and oxygen atoms in total. The standard InChI is InChI=1S/C9H12N2/c1-8(10-2)11-9-6-4-3-5-7-9/h3-7H,1-2H3,(H,10,11). The average Bonchev–Trinajstić information content (AvgIpc) is 2.06. The van der Waals surface area contributed by atoms with Gasteiger partial charge < -0.3 is 5.32 Å². The molecule has 1 aromatic rings. The Hall–Kier alpha value is -1.31. The molecule has 0 unspecified atom stereocenters. The van der Waals surface area contributed by atoms with Crippen LogP contribution in [-0.4, -0.2) is 12.9 Å². The second-order valence-electron chi connectivity index (χ2n) is 2.28. The van der Waals surface area contributed by atoms with Gasteiger partial charge in [0.15, 0.2) is 0 Å². The molecule has 0 aromatic heterocycles. The Bertz CT molecular complexity index is 239. The van der Waals surface area contributed by atoms with Crippen LogP contribution < -0.4 is 5.32 Å². The van der Waals surface area contributed by atoms with Crippen LogP contribution in [0.2, 0.25) is 0 Å². The van der Waals surface area contributed by atoms with E-state index in [4.69, 9.17) is 0 Å². The summed E-state index contributed by atoms with van der Waals surface area (Å²) in [5, 5.41) is 2.96. The molecule has 1 aromatic carbocycles. The molecule has 0 atom stereocenters. The lowest BCUT2D eigenvalue weighted by Crippen LogP contribution is -2.12. The summed E-state index contributed by atoms with van der Waals surface area (Å²) < 4.78 is 0. The first kappa shape index (κ1) is 7.79. The Labute approximate surface area is 67.0 Å². The maximum Gasteiger partial charge on any atom is 0.0988 e. The maximum atomic E-state index is 4.28. The highest BCUT2D eigenvalue weighted by atomic mass is 15.0. The van der Waals surface area contributed by atoms with E-state index in [2.05, 4.69) is 10.3 Å². The molecular formula is C9H12N2. The molecule has 0 aliphatic rings. The van der Waals surface area contributed by atoms with Crippen molar-refractivity contribution in [3.05, 3.63) is 30.3 Å². The number of para-hydroxylation sites is 1. The van der Waals surface area contributed by atoms with Gasteiger partial charge in [-0.1, -0.05) is 18.2 Å². The molecule has 1 rings (SSSR count). The smallest absolute Gasteiger partial charge is 0.0988 e. The van der Waals surface area contributed by atoms with Crippen molar-refractivity contribution in [1.82, 2.24) is 5.32 Å². The van der Waals surface area contributed by atoms with E-state index in [1.807, 2.05) is 44.3 Å². The van der Waals surface area contributed by atoms with E-state index in [1.165, 1.54) is 0 Å². The summed E-state index contributed by atoms with van der Waals surface area (Å²) >= 11 is 0. The largest absolute Gasteiger partial charge is 0.377 e. The van der Waals surface area contributed by atoms with Crippen LogP contribution in [0.5, 0.6) is 0 Å². The molecule has 0 heterocycles. The van der Waals surface area contributed by atoms with Gasteiger partial charge in [-0.3, -0.25) is 0 Å². The van der Waals surface area contributed by atoms with Crippen LogP contribution in [-0.2, 0) is 0 Å². The lowest BCUT2D eigenvalue weighted by Gasteiger charge is -1.97. The number of hydrogen-bond donors (Lipinski definition) is 1. The average molecular weight is 148 g/mol. The first-order chi connectivity index (χ1) is 5.33. The lowest BCUT2D eigenvalue weighted by atomic mass is 10.3. The van der Waals surface area contributed by atoms with Crippen LogP contribution in [0.25, 0.3) is 0 Å². The van der Waals surface area contributed by atoms with E-state index >= 15 is 0 Å². The second-order valence-corrected chi connectivity index (χ2v) is 2.28. The molecule has 1 N–H and O–H groups in total. The Morgan fingerprint density at radius 1 is 1.27 bits per heavy atom. The molecule has 0 bridgehead atoms. The summed E-state index contributed by atoms with van der Waals surface area (Å²) in [5.74, 6) is 0.927. The van der Waals surface area contributed by atoms with E-state index in [0.717, 1.165) is 11.5 Å². The monoisotopic (exact) mass is 148 g/mol. The molecule has 58 valence electrons. The molecule has 0 saturated heterocycles. The highest BCUT2D eigenvalue weighted by Gasteiger charge is 1.86. The fraction of sp³-hybridized carbons (Fsp3) is 0.222. The van der Waals surface area contributed by atoms with Crippen molar-refractivity contribution in [2.45, 2.75) is 6.92 Å². The molecular weight excluding hydrogens is 136 g/mol. The first-order valence-electron chi connectivity index (χ1n) is 3.61. The molecule has 0 amide bonds. The summed E-state index contributed by atoms with van der Waals surface area (Å²) in [6, 6.07) is 9.87. The van der Waals surface area contributed by atoms with Gasteiger partial charge in [0.1, 0.15) is 0 Å². The maximum absolute atomic E-state index is 4.28. The van der Waals surface area contributed by atoms with Crippen molar-refractivity contribution in [3.8, 4) is 0 Å². The number of amidine groups is 1. The molecule has 2 heteroatoms. The van der Waals surface area contributed by atoms with Crippen LogP contribution in [0, 0.1) is 0 Å². The van der Waals surface area contributed by atoms with E-state index in [9.17, 15) is 0 Å². The highest BCUT2D eigenvalue weighted by Crippen LogP contribution is 2.08. The van der Waals surface area contributed by atoms with Crippen LogP contribution in [0.4, 0.5) is 5.69 Å². The molecule has 11 heavy (non-hydrogen) atoms. The zero-order valence-corrected chi connectivity index (χ0v) is 6.83. The molecule has 0 aliphatic carbocycles. The summed E-state index contributed by atoms with van der Waals surface area (Å²) in [5.41, 5.74) is 0.986. The van der Waals surface area contributed by atoms with Gasteiger partial charge in [-0.25, -0.2) is 4.99 Å². The van der Waals surface area contributed by atoms with Crippen molar-refractivity contribution >= 4 is 11.5 Å². The molecule has 0 saturated carbocycles. The number of aliphatic imine (C=N–C) groups is 1. The topological polar surface area (TPSA) is 24.4 Å². The summed E-state index contributed by atoms with van der Waals surface area (Å²) in [6.07, 6.45) is 0. The third-order valence-corrected chi connectivity index (χ3v) is 1.41. The molecule has 0 aliphatic heterocycles. The van der Waals surface area contributed by atoms with E-state index in [-0.39, 0.29) is 0 Å². The predicted molar refractivity (Wildman–Crippen MR) is 48.3 cm³/mol. The SMILES string of the molecule is CNC(C)=Nc1ccccc1. The Morgan fingerprint density at radius 2 is 1.91 bits per heavy atom. The van der Waals surface area contributed by atoms with Crippen LogP contribution in [0.15, 0.2) is 35.3 Å². The fourth-order valence-corrected chi connectivity index (χ4v) is 0.752. The van der Waals surface area contributed by atoms with Crippen molar-refractivity contribution < 1.29 is 0 Å². The van der Waals surface area contributed by atoms with Crippen LogP contribution in [0.1, 0.15) is 6.92 Å². The van der Waals surface area contributed by atoms with E-state index < -0.39 is 0 Å². The fourth-order valence-electron chi connectivity index (χ4n) is 0.752. The Balaban J connectivity index is 2.79. The zero-order valence-electron chi connectivity index (χ0n) is 6.83. The minimum atomic E-state index is 0.927. The van der Waals surface area contributed by atoms with E-state index in [1.54, 1.807) is 0 Å². The van der Waals surface area contributed by atoms with Crippen molar-refractivity contribution in [2.24, 2.45) is 4.99 Å². The third kappa shape index (κ3) is 2.42. The van der Waals surface area contributed by atoms with Gasteiger partial charge in [0, 0.05) is 7.05 Å². The normalized spacial score (nSPS) is 11.3. The summed E-state index contributed by atoms with van der Waals surface area (Å²) in [4.78, 5) is 4.28. The number of rotatable bonds is 1.